The fraction of sp³-hybridized carbons (Fsp3) is 0.120. The lowest BCUT2D eigenvalue weighted by molar-refractivity contribution is 0.00578. The molecule has 0 N–H and O–H groups in total. The number of hydrogen-bond acceptors (Lipinski definition) is 2. The lowest BCUT2D eigenvalue weighted by atomic mass is 9.74. The van der Waals surface area contributed by atoms with Crippen molar-refractivity contribution in [3.05, 3.63) is 195 Å². The van der Waals surface area contributed by atoms with E-state index in [1.165, 1.54) is 58.5 Å². The molecule has 1 saturated heterocycles. The minimum atomic E-state index is -0.362. The predicted octanol–water partition coefficient (Wildman–Crippen LogP) is 14.8. The van der Waals surface area contributed by atoms with Crippen LogP contribution in [0.4, 0.5) is 0 Å². The van der Waals surface area contributed by atoms with Crippen LogP contribution in [0.25, 0.3) is 54.9 Å². The third kappa shape index (κ3) is 9.38. The van der Waals surface area contributed by atoms with E-state index in [9.17, 15) is 0 Å². The molecule has 0 aliphatic carbocycles. The number of halogens is 3. The largest absolute Gasteiger partial charge is 0.495 e. The monoisotopic (exact) mass is 970 g/mol. The van der Waals surface area contributed by atoms with Crippen LogP contribution in [0.3, 0.4) is 0 Å². The van der Waals surface area contributed by atoms with Gasteiger partial charge in [-0.1, -0.05) is 159 Å². The predicted molar refractivity (Wildman–Crippen MR) is 254 cm³/mol. The Morgan fingerprint density at radius 2 is 0.857 bits per heavy atom. The molecule has 2 nitrogen and oxygen atoms in total. The maximum Gasteiger partial charge on any atom is 0.495 e. The van der Waals surface area contributed by atoms with Crippen molar-refractivity contribution in [2.45, 2.75) is 38.9 Å². The highest BCUT2D eigenvalue weighted by molar-refractivity contribution is 14.1. The van der Waals surface area contributed by atoms with E-state index in [0.717, 1.165) is 14.4 Å². The van der Waals surface area contributed by atoms with Crippen LogP contribution in [0, 0.1) is 3.57 Å². The molecule has 1 fully saturated rings. The number of hydrogen-bond donors (Lipinski definition) is 0. The highest BCUT2D eigenvalue weighted by Gasteiger charge is 2.52. The molecule has 56 heavy (non-hydrogen) atoms. The van der Waals surface area contributed by atoms with Gasteiger partial charge in [0.1, 0.15) is 0 Å². The van der Waals surface area contributed by atoms with Gasteiger partial charge >= 0.3 is 7.12 Å². The fourth-order valence-corrected chi connectivity index (χ4v) is 7.60. The molecule has 0 aromatic heterocycles. The summed E-state index contributed by atoms with van der Waals surface area (Å²) in [6.45, 7) is 8.37. The lowest BCUT2D eigenvalue weighted by Crippen LogP contribution is -2.41. The summed E-state index contributed by atoms with van der Waals surface area (Å²) in [6.07, 6.45) is 0. The summed E-state index contributed by atoms with van der Waals surface area (Å²) in [7, 11) is -0.362. The third-order valence-electron chi connectivity index (χ3n) is 10.4. The number of benzene rings is 8. The quantitative estimate of drug-likeness (QED) is 0.129. The standard InChI is InChI=1S/C22H23BO2.C22H15Br.C6H4BrI/c1-21(2)22(3,4)25-23(24-21)20-15-18(16-10-6-5-7-11-16)14-17-12-8-9-13-19(17)20;23-20-12-10-17(11-13-20)22-15-19(16-6-2-1-3-7-16)14-18-8-4-5-9-21(18)22;7-5-1-3-6(8)4-2-5/h5-15H,1-4H3;1-15H;1-4H. The molecule has 0 bridgehead atoms. The van der Waals surface area contributed by atoms with Crippen molar-refractivity contribution >= 4 is 88.6 Å². The zero-order chi connectivity index (χ0) is 39.3. The maximum absolute atomic E-state index is 6.33. The molecule has 0 spiro atoms. The second kappa shape index (κ2) is 17.6. The zero-order valence-electron chi connectivity index (χ0n) is 31.8. The highest BCUT2D eigenvalue weighted by atomic mass is 127. The minimum Gasteiger partial charge on any atom is -0.399 e. The van der Waals surface area contributed by atoms with Crippen molar-refractivity contribution < 1.29 is 9.31 Å². The summed E-state index contributed by atoms with van der Waals surface area (Å²) in [4.78, 5) is 0. The first-order valence-electron chi connectivity index (χ1n) is 18.7. The van der Waals surface area contributed by atoms with Crippen molar-refractivity contribution in [1.82, 2.24) is 0 Å². The van der Waals surface area contributed by atoms with Gasteiger partial charge in [0.25, 0.3) is 0 Å². The normalized spacial score (nSPS) is 14.1. The first-order valence-corrected chi connectivity index (χ1v) is 21.3. The van der Waals surface area contributed by atoms with Gasteiger partial charge in [-0.2, -0.15) is 0 Å². The van der Waals surface area contributed by atoms with Crippen LogP contribution < -0.4 is 5.46 Å². The third-order valence-corrected chi connectivity index (χ3v) is 12.2. The molecule has 6 heteroatoms. The molecule has 0 saturated carbocycles. The Morgan fingerprint density at radius 1 is 0.429 bits per heavy atom. The highest BCUT2D eigenvalue weighted by Crippen LogP contribution is 2.38. The topological polar surface area (TPSA) is 18.5 Å². The SMILES string of the molecule is Brc1ccc(-c2cc(-c3ccccc3)cc3ccccc23)cc1.Brc1ccc(I)cc1.CC1(C)OB(c2cc(-c3ccccc3)cc3ccccc23)OC1(C)C. The Hall–Kier alpha value is -4.05. The van der Waals surface area contributed by atoms with E-state index < -0.39 is 0 Å². The molecule has 1 heterocycles. The van der Waals surface area contributed by atoms with Crippen LogP contribution in [0.2, 0.25) is 0 Å². The Balaban J connectivity index is 0.000000144. The molecule has 1 aliphatic rings. The molecule has 8 aromatic rings. The zero-order valence-corrected chi connectivity index (χ0v) is 37.2. The minimum absolute atomic E-state index is 0.346. The van der Waals surface area contributed by atoms with E-state index in [-0.39, 0.29) is 18.3 Å². The van der Waals surface area contributed by atoms with Crippen molar-refractivity contribution in [2.24, 2.45) is 0 Å². The summed E-state index contributed by atoms with van der Waals surface area (Å²) in [6, 6.07) is 63.7. The van der Waals surface area contributed by atoms with Crippen molar-refractivity contribution in [3.63, 3.8) is 0 Å². The van der Waals surface area contributed by atoms with E-state index in [2.05, 4.69) is 246 Å². The van der Waals surface area contributed by atoms with E-state index >= 15 is 0 Å². The van der Waals surface area contributed by atoms with E-state index in [1.807, 2.05) is 18.2 Å². The first kappa shape index (κ1) is 40.2. The Morgan fingerprint density at radius 3 is 1.38 bits per heavy atom. The molecule has 0 radical (unpaired) electrons. The Labute approximate surface area is 361 Å². The summed E-state index contributed by atoms with van der Waals surface area (Å²) in [5.41, 5.74) is 7.80. The average Bonchev–Trinajstić information content (AvgIpc) is 3.45. The van der Waals surface area contributed by atoms with Gasteiger partial charge in [0, 0.05) is 12.5 Å². The van der Waals surface area contributed by atoms with E-state index in [1.54, 1.807) is 0 Å². The number of rotatable bonds is 4. The van der Waals surface area contributed by atoms with Gasteiger partial charge in [-0.3, -0.25) is 0 Å². The molecule has 0 atom stereocenters. The van der Waals surface area contributed by atoms with E-state index in [0.29, 0.717) is 0 Å². The van der Waals surface area contributed by atoms with Crippen LogP contribution in [-0.2, 0) is 9.31 Å². The molecule has 1 aliphatic heterocycles. The Kier molecular flexibility index (Phi) is 12.6. The summed E-state index contributed by atoms with van der Waals surface area (Å²) < 4.78 is 16.2. The Bertz CT molecular complexity index is 2520. The summed E-state index contributed by atoms with van der Waals surface area (Å²) >= 11 is 9.14. The molecular weight excluding hydrogens is 930 g/mol. The molecule has 9 rings (SSSR count). The summed E-state index contributed by atoms with van der Waals surface area (Å²) in [5, 5.41) is 4.94. The van der Waals surface area contributed by atoms with Crippen LogP contribution in [0.15, 0.2) is 191 Å². The molecule has 8 aromatic carbocycles. The second-order valence-electron chi connectivity index (χ2n) is 14.8. The molecule has 0 unspecified atom stereocenters. The van der Waals surface area contributed by atoms with Gasteiger partial charge in [-0.05, 0) is 165 Å². The van der Waals surface area contributed by atoms with Crippen molar-refractivity contribution in [3.8, 4) is 33.4 Å². The maximum atomic E-state index is 6.33. The first-order chi connectivity index (χ1) is 27.0. The van der Waals surface area contributed by atoms with Gasteiger partial charge in [0.2, 0.25) is 0 Å². The van der Waals surface area contributed by atoms with Gasteiger partial charge in [-0.15, -0.1) is 0 Å². The van der Waals surface area contributed by atoms with Crippen LogP contribution in [0.5, 0.6) is 0 Å². The molecular formula is C50H42BBr2IO2. The average molecular weight is 972 g/mol. The van der Waals surface area contributed by atoms with Gasteiger partial charge in [-0.25, -0.2) is 0 Å². The molecule has 278 valence electrons. The number of fused-ring (bicyclic) bond motifs is 2. The van der Waals surface area contributed by atoms with Gasteiger partial charge < -0.3 is 9.31 Å². The fourth-order valence-electron chi connectivity index (χ4n) is 6.71. The van der Waals surface area contributed by atoms with Crippen LogP contribution in [0.1, 0.15) is 27.7 Å². The summed E-state index contributed by atoms with van der Waals surface area (Å²) in [5.74, 6) is 0. The van der Waals surface area contributed by atoms with Crippen LogP contribution >= 0.6 is 54.5 Å². The second-order valence-corrected chi connectivity index (χ2v) is 17.9. The van der Waals surface area contributed by atoms with Crippen LogP contribution in [-0.4, -0.2) is 18.3 Å². The van der Waals surface area contributed by atoms with Crippen molar-refractivity contribution in [2.75, 3.05) is 0 Å². The van der Waals surface area contributed by atoms with Gasteiger partial charge in [0.15, 0.2) is 0 Å². The van der Waals surface area contributed by atoms with E-state index in [4.69, 9.17) is 9.31 Å². The lowest BCUT2D eigenvalue weighted by Gasteiger charge is -2.32. The smallest absolute Gasteiger partial charge is 0.399 e. The molecule has 0 amide bonds. The van der Waals surface area contributed by atoms with Gasteiger partial charge in [0.05, 0.1) is 11.2 Å². The van der Waals surface area contributed by atoms with Crippen molar-refractivity contribution in [1.29, 1.82) is 0 Å².